The molecular formula is C25H30F4O2S. The van der Waals surface area contributed by atoms with E-state index in [0.717, 1.165) is 43.4 Å². The molecule has 4 atom stereocenters. The van der Waals surface area contributed by atoms with Gasteiger partial charge in [0, 0.05) is 10.4 Å². The first-order valence-electron chi connectivity index (χ1n) is 11.3. The number of thiophene rings is 1. The maximum atomic E-state index is 16.1. The molecule has 0 amide bonds. The van der Waals surface area contributed by atoms with Gasteiger partial charge in [-0.25, -0.2) is 22.4 Å². The molecule has 1 aliphatic carbocycles. The fourth-order valence-corrected chi connectivity index (χ4v) is 6.14. The van der Waals surface area contributed by atoms with Gasteiger partial charge in [-0.3, -0.25) is 0 Å². The highest BCUT2D eigenvalue weighted by molar-refractivity contribution is 7.10. The third kappa shape index (κ3) is 4.87. The summed E-state index contributed by atoms with van der Waals surface area (Å²) in [6.45, 7) is 2.12. The minimum Gasteiger partial charge on any atom is -0.478 e. The van der Waals surface area contributed by atoms with Gasteiger partial charge in [-0.05, 0) is 48.3 Å². The quantitative estimate of drug-likeness (QED) is 0.281. The molecule has 32 heavy (non-hydrogen) atoms. The summed E-state index contributed by atoms with van der Waals surface area (Å²) in [6.07, 6.45) is -0.290. The molecule has 1 N–H and O–H groups in total. The fourth-order valence-electron chi connectivity index (χ4n) is 4.97. The number of rotatable bonds is 10. The molecule has 2 nitrogen and oxygen atoms in total. The first-order chi connectivity index (χ1) is 15.3. The molecule has 0 spiro atoms. The molecule has 0 aliphatic heterocycles. The van der Waals surface area contributed by atoms with Crippen molar-refractivity contribution in [3.05, 3.63) is 57.3 Å². The molecule has 7 heteroatoms. The van der Waals surface area contributed by atoms with Crippen molar-refractivity contribution >= 4 is 17.3 Å². The van der Waals surface area contributed by atoms with Crippen molar-refractivity contribution in [2.45, 2.75) is 82.5 Å². The van der Waals surface area contributed by atoms with Gasteiger partial charge in [0.05, 0.1) is 11.0 Å². The van der Waals surface area contributed by atoms with Gasteiger partial charge in [0.25, 0.3) is 6.43 Å². The zero-order valence-corrected chi connectivity index (χ0v) is 19.0. The molecule has 1 saturated carbocycles. The van der Waals surface area contributed by atoms with E-state index < -0.39 is 36.1 Å². The van der Waals surface area contributed by atoms with Crippen LogP contribution in [0.5, 0.6) is 0 Å². The van der Waals surface area contributed by atoms with Crippen molar-refractivity contribution in [1.82, 2.24) is 0 Å². The molecule has 0 saturated heterocycles. The van der Waals surface area contributed by atoms with Gasteiger partial charge in [-0.1, -0.05) is 57.2 Å². The molecule has 0 radical (unpaired) electrons. The summed E-state index contributed by atoms with van der Waals surface area (Å²) in [4.78, 5) is 12.2. The van der Waals surface area contributed by atoms with Gasteiger partial charge in [0.1, 0.15) is 12.3 Å². The summed E-state index contributed by atoms with van der Waals surface area (Å²) in [5.41, 5.74) is -1.80. The van der Waals surface area contributed by atoms with E-state index >= 15 is 8.78 Å². The van der Waals surface area contributed by atoms with E-state index in [0.29, 0.717) is 12.8 Å². The predicted molar refractivity (Wildman–Crippen MR) is 119 cm³/mol. The smallest absolute Gasteiger partial charge is 0.335 e. The maximum Gasteiger partial charge on any atom is 0.335 e. The number of hydrogen-bond acceptors (Lipinski definition) is 2. The summed E-state index contributed by atoms with van der Waals surface area (Å²) >= 11 is 0.953. The van der Waals surface area contributed by atoms with Crippen LogP contribution >= 0.6 is 11.3 Å². The SMILES string of the molecule is CCCCCCCC1CCC(c2cc(C(F)F)cs2)(c2ccccc2C(=O)O)C(F)C1F. The van der Waals surface area contributed by atoms with Crippen LogP contribution in [0.4, 0.5) is 17.6 Å². The zero-order valence-electron chi connectivity index (χ0n) is 18.2. The minimum absolute atomic E-state index is 0.118. The number of alkyl halides is 4. The normalized spacial score (nSPS) is 25.9. The van der Waals surface area contributed by atoms with E-state index in [2.05, 4.69) is 6.92 Å². The van der Waals surface area contributed by atoms with Crippen LogP contribution in [-0.4, -0.2) is 23.4 Å². The number of carboxylic acids is 1. The molecule has 1 fully saturated rings. The highest BCUT2D eigenvalue weighted by atomic mass is 32.1. The Bertz CT molecular complexity index is 900. The second-order valence-corrected chi connectivity index (χ2v) is 9.63. The van der Waals surface area contributed by atoms with Crippen molar-refractivity contribution in [2.24, 2.45) is 5.92 Å². The third-order valence-electron chi connectivity index (χ3n) is 6.74. The number of halogens is 4. The van der Waals surface area contributed by atoms with Crippen molar-refractivity contribution in [3.8, 4) is 0 Å². The topological polar surface area (TPSA) is 37.3 Å². The Morgan fingerprint density at radius 3 is 2.56 bits per heavy atom. The molecule has 1 aromatic carbocycles. The number of carbonyl (C=O) groups is 1. The molecule has 1 heterocycles. The van der Waals surface area contributed by atoms with Gasteiger partial charge < -0.3 is 5.11 Å². The summed E-state index contributed by atoms with van der Waals surface area (Å²) in [5.74, 6) is -1.70. The van der Waals surface area contributed by atoms with Crippen LogP contribution in [0.25, 0.3) is 0 Å². The molecule has 2 aromatic rings. The van der Waals surface area contributed by atoms with Crippen molar-refractivity contribution in [2.75, 3.05) is 0 Å². The van der Waals surface area contributed by atoms with E-state index in [1.54, 1.807) is 6.07 Å². The average molecular weight is 471 g/mol. The van der Waals surface area contributed by atoms with E-state index in [1.807, 2.05) is 0 Å². The maximum absolute atomic E-state index is 16.1. The lowest BCUT2D eigenvalue weighted by molar-refractivity contribution is 0.0148. The second-order valence-electron chi connectivity index (χ2n) is 8.71. The van der Waals surface area contributed by atoms with Crippen molar-refractivity contribution in [1.29, 1.82) is 0 Å². The predicted octanol–water partition coefficient (Wildman–Crippen LogP) is 8.12. The number of aromatic carboxylic acids is 1. The fraction of sp³-hybridized carbons (Fsp3) is 0.560. The Morgan fingerprint density at radius 1 is 1.19 bits per heavy atom. The number of carboxylic acid groups (broad SMARTS) is 1. The van der Waals surface area contributed by atoms with E-state index in [1.165, 1.54) is 29.6 Å². The van der Waals surface area contributed by atoms with Crippen LogP contribution in [0.15, 0.2) is 35.7 Å². The lowest BCUT2D eigenvalue weighted by Gasteiger charge is -2.45. The van der Waals surface area contributed by atoms with Gasteiger partial charge in [-0.2, -0.15) is 0 Å². The molecule has 3 rings (SSSR count). The van der Waals surface area contributed by atoms with E-state index in [9.17, 15) is 18.7 Å². The van der Waals surface area contributed by atoms with Gasteiger partial charge in [-0.15, -0.1) is 11.3 Å². The van der Waals surface area contributed by atoms with Crippen molar-refractivity contribution in [3.63, 3.8) is 0 Å². The number of unbranched alkanes of at least 4 members (excludes halogenated alkanes) is 4. The summed E-state index contributed by atoms with van der Waals surface area (Å²) in [6, 6.07) is 7.20. The Balaban J connectivity index is 1.97. The Labute approximate surface area is 190 Å². The molecule has 1 aromatic heterocycles. The highest BCUT2D eigenvalue weighted by Gasteiger charge is 2.54. The van der Waals surface area contributed by atoms with Crippen LogP contribution < -0.4 is 0 Å². The minimum atomic E-state index is -2.73. The third-order valence-corrected chi connectivity index (χ3v) is 7.86. The summed E-state index contributed by atoms with van der Waals surface area (Å²) < 4.78 is 58.2. The van der Waals surface area contributed by atoms with Crippen LogP contribution in [0.2, 0.25) is 0 Å². The number of benzene rings is 1. The zero-order chi connectivity index (χ0) is 23.3. The summed E-state index contributed by atoms with van der Waals surface area (Å²) in [7, 11) is 0. The first-order valence-corrected chi connectivity index (χ1v) is 12.2. The molecule has 176 valence electrons. The van der Waals surface area contributed by atoms with Crippen LogP contribution in [-0.2, 0) is 5.41 Å². The highest BCUT2D eigenvalue weighted by Crippen LogP contribution is 2.53. The Morgan fingerprint density at radius 2 is 1.91 bits per heavy atom. The van der Waals surface area contributed by atoms with E-state index in [-0.39, 0.29) is 28.0 Å². The standard InChI is InChI=1S/C25H30F4O2S/c1-2-3-4-5-6-9-16-12-13-25(22(27)21(16)26,20-14-17(15-32-20)23(28)29)19-11-8-7-10-18(19)24(30)31/h7-8,10-11,14-16,21-23H,2-6,9,12-13H2,1H3,(H,30,31). The summed E-state index contributed by atoms with van der Waals surface area (Å²) in [5, 5.41) is 11.0. The van der Waals surface area contributed by atoms with Crippen LogP contribution in [0.3, 0.4) is 0 Å². The molecule has 4 unspecified atom stereocenters. The first kappa shape index (κ1) is 24.7. The monoisotopic (exact) mass is 470 g/mol. The molecular weight excluding hydrogens is 440 g/mol. The Hall–Kier alpha value is -1.89. The van der Waals surface area contributed by atoms with Crippen LogP contribution in [0.1, 0.15) is 91.1 Å². The lowest BCUT2D eigenvalue weighted by Crippen LogP contribution is -2.50. The largest absolute Gasteiger partial charge is 0.478 e. The molecule has 0 bridgehead atoms. The number of hydrogen-bond donors (Lipinski definition) is 1. The van der Waals surface area contributed by atoms with E-state index in [4.69, 9.17) is 0 Å². The average Bonchev–Trinajstić information content (AvgIpc) is 3.28. The van der Waals surface area contributed by atoms with Gasteiger partial charge in [0.2, 0.25) is 0 Å². The second kappa shape index (κ2) is 10.8. The van der Waals surface area contributed by atoms with Gasteiger partial charge in [0.15, 0.2) is 0 Å². The Kier molecular flexibility index (Phi) is 8.37. The van der Waals surface area contributed by atoms with Crippen molar-refractivity contribution < 1.29 is 27.5 Å². The van der Waals surface area contributed by atoms with Gasteiger partial charge >= 0.3 is 5.97 Å². The molecule has 1 aliphatic rings. The lowest BCUT2D eigenvalue weighted by atomic mass is 9.62. The van der Waals surface area contributed by atoms with Crippen LogP contribution in [0, 0.1) is 5.92 Å².